The van der Waals surface area contributed by atoms with Gasteiger partial charge in [-0.25, -0.2) is 9.98 Å². The van der Waals surface area contributed by atoms with Crippen molar-refractivity contribution in [2.75, 3.05) is 18.6 Å². The molecule has 10 heteroatoms. The number of aliphatic imine (C=N–C) groups is 1. The van der Waals surface area contributed by atoms with Crippen LogP contribution in [0, 0.1) is 13.8 Å². The second-order valence-corrected chi connectivity index (χ2v) is 8.01. The average Bonchev–Trinajstić information content (AvgIpc) is 3.35. The Kier molecular flexibility index (Phi) is 10.3. The molecule has 0 atom stereocenters. The quantitative estimate of drug-likeness (QED) is 0.180. The van der Waals surface area contributed by atoms with E-state index >= 15 is 0 Å². The number of nitrogens with one attached hydrogen (secondary N) is 2. The minimum absolute atomic E-state index is 0. The van der Waals surface area contributed by atoms with Crippen LogP contribution in [0.1, 0.15) is 29.3 Å². The molecule has 2 heterocycles. The summed E-state index contributed by atoms with van der Waals surface area (Å²) in [6.45, 7) is 5.80. The standard InChI is InChI=1S/C21H29N7OS.HI/c1-15-6-8-17(9-7-15)20-25-18(14-29-20)12-23-21(22-10-5-11-30-4)24-13-19-27-26-16(2)28(19)3;/h6-9,14H,5,10-13H2,1-4H3,(H2,22,23,24);1H. The van der Waals surface area contributed by atoms with Crippen LogP contribution in [0.15, 0.2) is 39.9 Å². The molecule has 1 aromatic carbocycles. The molecule has 0 amide bonds. The van der Waals surface area contributed by atoms with Gasteiger partial charge in [0.2, 0.25) is 5.89 Å². The number of nitrogens with zero attached hydrogens (tertiary/aromatic N) is 5. The average molecular weight is 555 g/mol. The molecule has 0 bridgehead atoms. The second-order valence-electron chi connectivity index (χ2n) is 7.02. The van der Waals surface area contributed by atoms with Crippen LogP contribution in [0.4, 0.5) is 0 Å². The van der Waals surface area contributed by atoms with Gasteiger partial charge in [-0.3, -0.25) is 0 Å². The lowest BCUT2D eigenvalue weighted by molar-refractivity contribution is 0.572. The van der Waals surface area contributed by atoms with Crippen LogP contribution in [0.3, 0.4) is 0 Å². The summed E-state index contributed by atoms with van der Waals surface area (Å²) in [6.07, 6.45) is 4.84. The number of halogens is 1. The minimum atomic E-state index is 0. The minimum Gasteiger partial charge on any atom is -0.444 e. The zero-order valence-electron chi connectivity index (χ0n) is 18.4. The number of hydrogen-bond donors (Lipinski definition) is 2. The molecule has 2 aromatic heterocycles. The highest BCUT2D eigenvalue weighted by molar-refractivity contribution is 14.0. The molecule has 8 nitrogen and oxygen atoms in total. The number of aromatic nitrogens is 4. The zero-order chi connectivity index (χ0) is 21.3. The van der Waals surface area contributed by atoms with Crippen LogP contribution in [0.2, 0.25) is 0 Å². The maximum Gasteiger partial charge on any atom is 0.226 e. The third-order valence-electron chi connectivity index (χ3n) is 4.66. The summed E-state index contributed by atoms with van der Waals surface area (Å²) in [4.78, 5) is 9.24. The van der Waals surface area contributed by atoms with E-state index < -0.39 is 0 Å². The van der Waals surface area contributed by atoms with Crippen molar-refractivity contribution in [3.8, 4) is 11.5 Å². The first-order chi connectivity index (χ1) is 14.6. The lowest BCUT2D eigenvalue weighted by atomic mass is 10.1. The molecule has 0 spiro atoms. The van der Waals surface area contributed by atoms with E-state index in [1.54, 1.807) is 6.26 Å². The normalized spacial score (nSPS) is 11.3. The van der Waals surface area contributed by atoms with Gasteiger partial charge < -0.3 is 19.6 Å². The summed E-state index contributed by atoms with van der Waals surface area (Å²) in [5.41, 5.74) is 2.95. The molecule has 3 aromatic rings. The van der Waals surface area contributed by atoms with E-state index in [0.717, 1.165) is 47.6 Å². The Morgan fingerprint density at radius 3 is 2.61 bits per heavy atom. The van der Waals surface area contributed by atoms with Gasteiger partial charge >= 0.3 is 0 Å². The Morgan fingerprint density at radius 2 is 1.94 bits per heavy atom. The summed E-state index contributed by atoms with van der Waals surface area (Å²) in [5.74, 6) is 4.17. The smallest absolute Gasteiger partial charge is 0.226 e. The molecule has 0 unspecified atom stereocenters. The summed E-state index contributed by atoms with van der Waals surface area (Å²) in [6, 6.07) is 8.12. The molecule has 0 fully saturated rings. The predicted molar refractivity (Wildman–Crippen MR) is 137 cm³/mol. The van der Waals surface area contributed by atoms with Gasteiger partial charge in [0.15, 0.2) is 11.8 Å². The summed E-state index contributed by atoms with van der Waals surface area (Å²) >= 11 is 1.84. The number of benzene rings is 1. The highest BCUT2D eigenvalue weighted by Gasteiger charge is 2.09. The Labute approximate surface area is 204 Å². The summed E-state index contributed by atoms with van der Waals surface area (Å²) < 4.78 is 7.60. The SMILES string of the molecule is CSCCCNC(=NCc1coc(-c2ccc(C)cc2)n1)NCc1nnc(C)n1C.I. The highest BCUT2D eigenvalue weighted by Crippen LogP contribution is 2.19. The Bertz CT molecular complexity index is 969. The first-order valence-corrected chi connectivity index (χ1v) is 11.3. The Morgan fingerprint density at radius 1 is 1.16 bits per heavy atom. The first-order valence-electron chi connectivity index (χ1n) is 9.94. The van der Waals surface area contributed by atoms with Crippen LogP contribution >= 0.6 is 35.7 Å². The van der Waals surface area contributed by atoms with Gasteiger partial charge in [0.25, 0.3) is 0 Å². The molecule has 0 saturated heterocycles. The molecule has 0 saturated carbocycles. The van der Waals surface area contributed by atoms with Gasteiger partial charge in [-0.15, -0.1) is 34.2 Å². The maximum atomic E-state index is 5.64. The highest BCUT2D eigenvalue weighted by atomic mass is 127. The molecule has 168 valence electrons. The van der Waals surface area contributed by atoms with Crippen molar-refractivity contribution in [3.63, 3.8) is 0 Å². The van der Waals surface area contributed by atoms with Crippen LogP contribution < -0.4 is 10.6 Å². The maximum absolute atomic E-state index is 5.64. The van der Waals surface area contributed by atoms with E-state index in [1.807, 2.05) is 54.6 Å². The Balaban J connectivity index is 0.00000341. The zero-order valence-corrected chi connectivity index (χ0v) is 21.5. The van der Waals surface area contributed by atoms with E-state index in [4.69, 9.17) is 4.42 Å². The van der Waals surface area contributed by atoms with Crippen molar-refractivity contribution in [1.82, 2.24) is 30.4 Å². The van der Waals surface area contributed by atoms with Crippen LogP contribution in [0.25, 0.3) is 11.5 Å². The van der Waals surface area contributed by atoms with Gasteiger partial charge in [0.1, 0.15) is 17.8 Å². The summed E-state index contributed by atoms with van der Waals surface area (Å²) in [5, 5.41) is 15.0. The fourth-order valence-electron chi connectivity index (χ4n) is 2.73. The van der Waals surface area contributed by atoms with Crippen molar-refractivity contribution in [2.45, 2.75) is 33.4 Å². The predicted octanol–water partition coefficient (Wildman–Crippen LogP) is 3.69. The van der Waals surface area contributed by atoms with Crippen molar-refractivity contribution < 1.29 is 4.42 Å². The number of rotatable bonds is 9. The second kappa shape index (κ2) is 12.7. The van der Waals surface area contributed by atoms with E-state index in [1.165, 1.54) is 5.56 Å². The molecule has 2 N–H and O–H groups in total. The molecular formula is C21H30IN7OS. The monoisotopic (exact) mass is 555 g/mol. The third kappa shape index (κ3) is 7.53. The lowest BCUT2D eigenvalue weighted by Gasteiger charge is -2.12. The van der Waals surface area contributed by atoms with Crippen LogP contribution in [-0.2, 0) is 20.1 Å². The first kappa shape index (κ1) is 25.2. The van der Waals surface area contributed by atoms with Crippen molar-refractivity contribution in [2.24, 2.45) is 12.0 Å². The van der Waals surface area contributed by atoms with Gasteiger partial charge in [-0.1, -0.05) is 17.7 Å². The molecule has 0 aliphatic heterocycles. The topological polar surface area (TPSA) is 93.2 Å². The van der Waals surface area contributed by atoms with Gasteiger partial charge in [0, 0.05) is 19.2 Å². The number of hydrogen-bond acceptors (Lipinski definition) is 6. The largest absolute Gasteiger partial charge is 0.444 e. The van der Waals surface area contributed by atoms with E-state index in [9.17, 15) is 0 Å². The number of thioether (sulfide) groups is 1. The van der Waals surface area contributed by atoms with E-state index in [2.05, 4.69) is 44.0 Å². The molecule has 0 aliphatic rings. The van der Waals surface area contributed by atoms with Crippen molar-refractivity contribution in [1.29, 1.82) is 0 Å². The molecule has 0 radical (unpaired) electrons. The number of oxazole rings is 1. The molecule has 31 heavy (non-hydrogen) atoms. The van der Waals surface area contributed by atoms with Crippen molar-refractivity contribution >= 4 is 41.7 Å². The fraction of sp³-hybridized carbons (Fsp3) is 0.429. The van der Waals surface area contributed by atoms with E-state index in [-0.39, 0.29) is 24.0 Å². The molecule has 3 rings (SSSR count). The molecule has 0 aliphatic carbocycles. The summed E-state index contributed by atoms with van der Waals surface area (Å²) in [7, 11) is 1.96. The lowest BCUT2D eigenvalue weighted by Crippen LogP contribution is -2.38. The number of aryl methyl sites for hydroxylation is 2. The Hall–Kier alpha value is -2.08. The van der Waals surface area contributed by atoms with Crippen molar-refractivity contribution in [3.05, 3.63) is 53.4 Å². The third-order valence-corrected chi connectivity index (χ3v) is 5.36. The van der Waals surface area contributed by atoms with Crippen LogP contribution in [-0.4, -0.2) is 44.3 Å². The van der Waals surface area contributed by atoms with Crippen LogP contribution in [0.5, 0.6) is 0 Å². The number of guanidine groups is 1. The fourth-order valence-corrected chi connectivity index (χ4v) is 3.17. The molecular weight excluding hydrogens is 525 g/mol. The van der Waals surface area contributed by atoms with Gasteiger partial charge in [-0.05, 0) is 44.4 Å². The van der Waals surface area contributed by atoms with Gasteiger partial charge in [0.05, 0.1) is 13.1 Å². The van der Waals surface area contributed by atoms with Gasteiger partial charge in [-0.2, -0.15) is 11.8 Å². The van der Waals surface area contributed by atoms with E-state index in [0.29, 0.717) is 19.0 Å².